The maximum atomic E-state index is 12.3. The molecule has 35 heavy (non-hydrogen) atoms. The Bertz CT molecular complexity index is 919. The van der Waals surface area contributed by atoms with Crippen molar-refractivity contribution >= 4 is 11.9 Å². The van der Waals surface area contributed by atoms with Crippen molar-refractivity contribution in [1.82, 2.24) is 4.90 Å². The fourth-order valence-corrected chi connectivity index (χ4v) is 6.50. The Morgan fingerprint density at radius 2 is 1.83 bits per heavy atom. The van der Waals surface area contributed by atoms with Crippen LogP contribution in [-0.4, -0.2) is 35.0 Å². The fraction of sp³-hybridized carbons (Fsp3) is 0.733. The summed E-state index contributed by atoms with van der Waals surface area (Å²) >= 11 is 0. The van der Waals surface area contributed by atoms with Gasteiger partial charge in [0.25, 0.3) is 0 Å². The molecule has 1 fully saturated rings. The van der Waals surface area contributed by atoms with Crippen LogP contribution in [0.4, 0.5) is 0 Å². The summed E-state index contributed by atoms with van der Waals surface area (Å²) in [6.07, 6.45) is 8.80. The van der Waals surface area contributed by atoms with Crippen molar-refractivity contribution in [2.24, 2.45) is 5.92 Å². The summed E-state index contributed by atoms with van der Waals surface area (Å²) < 4.78 is 12.6. The minimum Gasteiger partial charge on any atom is -0.487 e. The number of hydrogen-bond donors (Lipinski definition) is 0. The van der Waals surface area contributed by atoms with Crippen molar-refractivity contribution in [1.29, 1.82) is 0 Å². The van der Waals surface area contributed by atoms with E-state index in [1.807, 2.05) is 4.90 Å². The summed E-state index contributed by atoms with van der Waals surface area (Å²) in [5.74, 6) is 1.79. The van der Waals surface area contributed by atoms with Gasteiger partial charge in [0, 0.05) is 37.9 Å². The molecule has 2 aliphatic rings. The van der Waals surface area contributed by atoms with Crippen LogP contribution in [0.25, 0.3) is 0 Å². The number of benzene rings is 1. The van der Waals surface area contributed by atoms with Gasteiger partial charge in [0.1, 0.15) is 17.1 Å². The minimum absolute atomic E-state index is 0.0508. The van der Waals surface area contributed by atoms with Crippen molar-refractivity contribution in [3.05, 3.63) is 23.3 Å². The highest BCUT2D eigenvalue weighted by Gasteiger charge is 2.49. The zero-order valence-corrected chi connectivity index (χ0v) is 23.3. The average molecular weight is 486 g/mol. The van der Waals surface area contributed by atoms with Crippen LogP contribution in [0.3, 0.4) is 0 Å². The lowest BCUT2D eigenvalue weighted by Crippen LogP contribution is -2.51. The van der Waals surface area contributed by atoms with Gasteiger partial charge in [0.15, 0.2) is 0 Å². The SMILES string of the molecule is CCCCCCC(C)(C)c1cc(OC(C)=O)c2c(c1)OC(C)(C)[C@@H]1CCC(N(CC)C(C)=O)C[C@@H]21. The van der Waals surface area contributed by atoms with Crippen molar-refractivity contribution < 1.29 is 19.1 Å². The van der Waals surface area contributed by atoms with Crippen molar-refractivity contribution in [2.75, 3.05) is 6.54 Å². The number of carbonyl (C=O) groups excluding carboxylic acids is 2. The van der Waals surface area contributed by atoms with Gasteiger partial charge in [-0.3, -0.25) is 9.59 Å². The van der Waals surface area contributed by atoms with Crippen molar-refractivity contribution in [3.63, 3.8) is 0 Å². The number of amides is 1. The van der Waals surface area contributed by atoms with Crippen LogP contribution in [0.5, 0.6) is 11.5 Å². The van der Waals surface area contributed by atoms with Gasteiger partial charge in [-0.2, -0.15) is 0 Å². The van der Waals surface area contributed by atoms with Gasteiger partial charge in [-0.1, -0.05) is 46.5 Å². The molecule has 0 aromatic heterocycles. The van der Waals surface area contributed by atoms with Gasteiger partial charge >= 0.3 is 5.97 Å². The van der Waals surface area contributed by atoms with Crippen LogP contribution >= 0.6 is 0 Å². The number of nitrogens with zero attached hydrogens (tertiary/aromatic N) is 1. The maximum Gasteiger partial charge on any atom is 0.308 e. The maximum absolute atomic E-state index is 12.3. The van der Waals surface area contributed by atoms with E-state index < -0.39 is 0 Å². The zero-order chi connectivity index (χ0) is 26.0. The number of unbranched alkanes of at least 4 members (excludes halogenated alkanes) is 3. The van der Waals surface area contributed by atoms with Crippen molar-refractivity contribution in [3.8, 4) is 11.5 Å². The number of carbonyl (C=O) groups is 2. The smallest absolute Gasteiger partial charge is 0.308 e. The molecule has 1 aromatic rings. The van der Waals surface area contributed by atoms with E-state index in [-0.39, 0.29) is 34.9 Å². The molecule has 0 N–H and O–H groups in total. The van der Waals surface area contributed by atoms with Crippen LogP contribution in [0, 0.1) is 5.92 Å². The Labute approximate surface area is 212 Å². The highest BCUT2D eigenvalue weighted by Crippen LogP contribution is 2.56. The average Bonchev–Trinajstić information content (AvgIpc) is 2.75. The Kier molecular flexibility index (Phi) is 8.60. The number of hydrogen-bond acceptors (Lipinski definition) is 4. The van der Waals surface area contributed by atoms with Gasteiger partial charge in [0.05, 0.1) is 0 Å². The van der Waals surface area contributed by atoms with E-state index in [1.165, 1.54) is 32.6 Å². The van der Waals surface area contributed by atoms with Crippen LogP contribution < -0.4 is 9.47 Å². The molecule has 1 amide bonds. The molecule has 1 unspecified atom stereocenters. The predicted molar refractivity (Wildman–Crippen MR) is 141 cm³/mol. The lowest BCUT2D eigenvalue weighted by molar-refractivity contribution is -0.132. The second-order valence-corrected chi connectivity index (χ2v) is 11.9. The Morgan fingerprint density at radius 3 is 2.43 bits per heavy atom. The van der Waals surface area contributed by atoms with E-state index in [4.69, 9.17) is 9.47 Å². The second-order valence-electron chi connectivity index (χ2n) is 11.9. The van der Waals surface area contributed by atoms with Gasteiger partial charge in [-0.05, 0) is 75.5 Å². The monoisotopic (exact) mass is 485 g/mol. The van der Waals surface area contributed by atoms with Gasteiger partial charge in [-0.15, -0.1) is 0 Å². The first-order valence-corrected chi connectivity index (χ1v) is 13.7. The summed E-state index contributed by atoms with van der Waals surface area (Å²) in [4.78, 5) is 26.5. The van der Waals surface area contributed by atoms with E-state index >= 15 is 0 Å². The first-order chi connectivity index (χ1) is 16.4. The number of esters is 1. The number of rotatable bonds is 9. The molecule has 1 aromatic carbocycles. The minimum atomic E-state index is -0.326. The molecule has 1 aliphatic carbocycles. The van der Waals surface area contributed by atoms with Crippen LogP contribution in [0.15, 0.2) is 12.1 Å². The Morgan fingerprint density at radius 1 is 1.11 bits per heavy atom. The van der Waals surface area contributed by atoms with E-state index in [0.717, 1.165) is 42.6 Å². The molecule has 3 rings (SSSR count). The molecule has 5 heteroatoms. The third-order valence-corrected chi connectivity index (χ3v) is 8.44. The van der Waals surface area contributed by atoms with E-state index in [9.17, 15) is 9.59 Å². The molecule has 196 valence electrons. The third-order valence-electron chi connectivity index (χ3n) is 8.44. The second kappa shape index (κ2) is 10.9. The molecule has 5 nitrogen and oxygen atoms in total. The van der Waals surface area contributed by atoms with Crippen LogP contribution in [-0.2, 0) is 15.0 Å². The third kappa shape index (κ3) is 6.03. The lowest BCUT2D eigenvalue weighted by atomic mass is 9.64. The topological polar surface area (TPSA) is 55.8 Å². The Balaban J connectivity index is 2.05. The predicted octanol–water partition coefficient (Wildman–Crippen LogP) is 7.15. The molecular formula is C30H47NO4. The van der Waals surface area contributed by atoms with Gasteiger partial charge < -0.3 is 14.4 Å². The summed E-state index contributed by atoms with van der Waals surface area (Å²) in [5.41, 5.74) is 1.79. The summed E-state index contributed by atoms with van der Waals surface area (Å²) in [6, 6.07) is 4.48. The molecule has 1 heterocycles. The highest BCUT2D eigenvalue weighted by molar-refractivity contribution is 5.73. The molecule has 3 atom stereocenters. The van der Waals surface area contributed by atoms with Crippen LogP contribution in [0.2, 0.25) is 0 Å². The lowest BCUT2D eigenvalue weighted by Gasteiger charge is -2.51. The standard InChI is InChI=1S/C30H47NO4/c1-9-11-12-13-16-29(5,6)22-17-26(34-21(4)33)28-24-19-23(31(10-2)20(3)32)14-15-25(24)30(7,8)35-27(28)18-22/h17-18,23-25H,9-16,19H2,1-8H3/t23?,24-,25-/m1/s1. The van der Waals surface area contributed by atoms with E-state index in [1.54, 1.807) is 6.92 Å². The Hall–Kier alpha value is -2.04. The molecule has 1 saturated carbocycles. The molecule has 0 saturated heterocycles. The fourth-order valence-electron chi connectivity index (χ4n) is 6.50. The molecule has 0 bridgehead atoms. The number of fused-ring (bicyclic) bond motifs is 3. The first-order valence-electron chi connectivity index (χ1n) is 13.7. The van der Waals surface area contributed by atoms with E-state index in [0.29, 0.717) is 18.2 Å². The zero-order valence-electron chi connectivity index (χ0n) is 23.3. The number of ether oxygens (including phenoxy) is 2. The normalized spacial score (nSPS) is 23.0. The molecular weight excluding hydrogens is 438 g/mol. The largest absolute Gasteiger partial charge is 0.487 e. The van der Waals surface area contributed by atoms with Crippen molar-refractivity contribution in [2.45, 2.75) is 130 Å². The summed E-state index contributed by atoms with van der Waals surface area (Å²) in [6.45, 7) is 17.1. The van der Waals surface area contributed by atoms with E-state index in [2.05, 4.69) is 53.7 Å². The summed E-state index contributed by atoms with van der Waals surface area (Å²) in [7, 11) is 0. The first kappa shape index (κ1) is 27.5. The highest BCUT2D eigenvalue weighted by atomic mass is 16.5. The van der Waals surface area contributed by atoms with Gasteiger partial charge in [0.2, 0.25) is 5.91 Å². The summed E-state index contributed by atoms with van der Waals surface area (Å²) in [5, 5.41) is 0. The molecule has 1 aliphatic heterocycles. The quantitative estimate of drug-likeness (QED) is 0.212. The molecule has 0 spiro atoms. The van der Waals surface area contributed by atoms with Gasteiger partial charge in [-0.25, -0.2) is 0 Å². The molecule has 0 radical (unpaired) electrons. The van der Waals surface area contributed by atoms with Crippen LogP contribution in [0.1, 0.15) is 124 Å².